The highest BCUT2D eigenvalue weighted by atomic mass is 35.5. The fraction of sp³-hybridized carbons (Fsp3) is 0.400. The lowest BCUT2D eigenvalue weighted by Gasteiger charge is -2.16. The zero-order valence-electron chi connectivity index (χ0n) is 8.51. The number of rotatable bonds is 2. The number of benzene rings is 1. The van der Waals surface area contributed by atoms with E-state index in [1.54, 1.807) is 6.92 Å². The maximum Gasteiger partial charge on any atom is 0.416 e. The van der Waals surface area contributed by atoms with Crippen LogP contribution in [0.15, 0.2) is 18.2 Å². The van der Waals surface area contributed by atoms with E-state index in [1.165, 1.54) is 0 Å². The van der Waals surface area contributed by atoms with Gasteiger partial charge in [-0.05, 0) is 24.1 Å². The van der Waals surface area contributed by atoms with Crippen molar-refractivity contribution in [3.05, 3.63) is 35.1 Å². The van der Waals surface area contributed by atoms with E-state index in [9.17, 15) is 17.6 Å². The summed E-state index contributed by atoms with van der Waals surface area (Å²) in [4.78, 5) is 0. The van der Waals surface area contributed by atoms with Crippen LogP contribution >= 0.6 is 12.4 Å². The molecular formula is C10H12ClF4N. The molecule has 0 spiro atoms. The molecule has 0 heterocycles. The molecule has 0 aliphatic carbocycles. The predicted molar refractivity (Wildman–Crippen MR) is 55.9 cm³/mol. The second kappa shape index (κ2) is 5.50. The number of hydrogen-bond acceptors (Lipinski definition) is 1. The molecule has 1 rings (SSSR count). The first-order chi connectivity index (χ1) is 6.86. The number of alkyl halides is 3. The lowest BCUT2D eigenvalue weighted by molar-refractivity contribution is -0.138. The average Bonchev–Trinajstić information content (AvgIpc) is 2.15. The minimum absolute atomic E-state index is 0. The summed E-state index contributed by atoms with van der Waals surface area (Å²) >= 11 is 0. The van der Waals surface area contributed by atoms with E-state index in [1.807, 2.05) is 0 Å². The van der Waals surface area contributed by atoms with Gasteiger partial charge in [0.25, 0.3) is 0 Å². The molecule has 6 heteroatoms. The van der Waals surface area contributed by atoms with Gasteiger partial charge in [0.15, 0.2) is 0 Å². The molecular weight excluding hydrogens is 246 g/mol. The van der Waals surface area contributed by atoms with Gasteiger partial charge in [-0.2, -0.15) is 13.2 Å². The van der Waals surface area contributed by atoms with E-state index >= 15 is 0 Å². The Hall–Kier alpha value is -0.810. The Balaban J connectivity index is 0.00000225. The Morgan fingerprint density at radius 2 is 1.88 bits per heavy atom. The molecule has 0 amide bonds. The Morgan fingerprint density at radius 3 is 2.31 bits per heavy atom. The third kappa shape index (κ3) is 3.35. The zero-order chi connectivity index (χ0) is 11.6. The Labute approximate surface area is 97.0 Å². The quantitative estimate of drug-likeness (QED) is 0.804. The van der Waals surface area contributed by atoms with Gasteiger partial charge < -0.3 is 5.73 Å². The highest BCUT2D eigenvalue weighted by Gasteiger charge is 2.34. The topological polar surface area (TPSA) is 26.0 Å². The molecule has 1 atom stereocenters. The Morgan fingerprint density at radius 1 is 1.31 bits per heavy atom. The average molecular weight is 258 g/mol. The molecule has 0 saturated carbocycles. The summed E-state index contributed by atoms with van der Waals surface area (Å²) in [6.45, 7) is 1.67. The van der Waals surface area contributed by atoms with Crippen LogP contribution < -0.4 is 5.73 Å². The number of hydrogen-bond donors (Lipinski definition) is 1. The van der Waals surface area contributed by atoms with E-state index in [0.29, 0.717) is 12.5 Å². The molecule has 2 N–H and O–H groups in total. The predicted octanol–water partition coefficient (Wildman–Crippen LogP) is 3.68. The van der Waals surface area contributed by atoms with Crippen molar-refractivity contribution in [3.63, 3.8) is 0 Å². The standard InChI is InChI=1S/C10H11F4N.ClH/c1-2-9(15)7-4-3-6(11)5-8(7)10(12,13)14;/h3-5,9H,2,15H2,1H3;1H/t9-;/m0./s1. The van der Waals surface area contributed by atoms with Crippen molar-refractivity contribution in [2.75, 3.05) is 0 Å². The smallest absolute Gasteiger partial charge is 0.324 e. The SMILES string of the molecule is CC[C@H](N)c1ccc(F)cc1C(F)(F)F.Cl. The van der Waals surface area contributed by atoms with Crippen molar-refractivity contribution in [3.8, 4) is 0 Å². The van der Waals surface area contributed by atoms with Gasteiger partial charge in [0, 0.05) is 6.04 Å². The van der Waals surface area contributed by atoms with Gasteiger partial charge in [-0.3, -0.25) is 0 Å². The fourth-order valence-corrected chi connectivity index (χ4v) is 1.32. The molecule has 92 valence electrons. The molecule has 0 saturated heterocycles. The normalized spacial score (nSPS) is 13.1. The van der Waals surface area contributed by atoms with Crippen LogP contribution in [0.4, 0.5) is 17.6 Å². The van der Waals surface area contributed by atoms with Crippen LogP contribution in [-0.2, 0) is 6.18 Å². The first-order valence-electron chi connectivity index (χ1n) is 4.48. The summed E-state index contributed by atoms with van der Waals surface area (Å²) in [7, 11) is 0. The highest BCUT2D eigenvalue weighted by molar-refractivity contribution is 5.85. The van der Waals surface area contributed by atoms with Gasteiger partial charge >= 0.3 is 6.18 Å². The molecule has 0 aliphatic rings. The summed E-state index contributed by atoms with van der Waals surface area (Å²) in [5.41, 5.74) is 4.47. The van der Waals surface area contributed by atoms with Gasteiger partial charge in [0.05, 0.1) is 5.56 Å². The molecule has 0 fully saturated rings. The fourth-order valence-electron chi connectivity index (χ4n) is 1.32. The van der Waals surface area contributed by atoms with Gasteiger partial charge in [-0.25, -0.2) is 4.39 Å². The largest absolute Gasteiger partial charge is 0.416 e. The lowest BCUT2D eigenvalue weighted by Crippen LogP contribution is -2.17. The van der Waals surface area contributed by atoms with Crippen LogP contribution in [-0.4, -0.2) is 0 Å². The van der Waals surface area contributed by atoms with Crippen LogP contribution in [0.1, 0.15) is 30.5 Å². The van der Waals surface area contributed by atoms with E-state index in [0.717, 1.165) is 12.1 Å². The molecule has 1 nitrogen and oxygen atoms in total. The van der Waals surface area contributed by atoms with Crippen molar-refractivity contribution in [2.45, 2.75) is 25.6 Å². The highest BCUT2D eigenvalue weighted by Crippen LogP contribution is 2.35. The molecule has 1 aromatic rings. The van der Waals surface area contributed by atoms with Crippen molar-refractivity contribution >= 4 is 12.4 Å². The van der Waals surface area contributed by atoms with Crippen molar-refractivity contribution in [2.24, 2.45) is 5.73 Å². The first-order valence-corrected chi connectivity index (χ1v) is 4.48. The maximum atomic E-state index is 12.7. The number of halogens is 5. The summed E-state index contributed by atoms with van der Waals surface area (Å²) < 4.78 is 50.2. The maximum absolute atomic E-state index is 12.7. The zero-order valence-corrected chi connectivity index (χ0v) is 9.33. The van der Waals surface area contributed by atoms with Gasteiger partial charge in [-0.1, -0.05) is 13.0 Å². The van der Waals surface area contributed by atoms with Gasteiger partial charge in [0.2, 0.25) is 0 Å². The minimum Gasteiger partial charge on any atom is -0.324 e. The molecule has 0 radical (unpaired) electrons. The molecule has 0 bridgehead atoms. The third-order valence-corrected chi connectivity index (χ3v) is 2.16. The van der Waals surface area contributed by atoms with Crippen molar-refractivity contribution in [1.29, 1.82) is 0 Å². The van der Waals surface area contributed by atoms with E-state index < -0.39 is 23.6 Å². The molecule has 0 aliphatic heterocycles. The Kier molecular flexibility index (Phi) is 5.22. The monoisotopic (exact) mass is 257 g/mol. The Bertz CT molecular complexity index is 351. The molecule has 0 aromatic heterocycles. The van der Waals surface area contributed by atoms with Crippen molar-refractivity contribution in [1.82, 2.24) is 0 Å². The molecule has 0 unspecified atom stereocenters. The molecule has 16 heavy (non-hydrogen) atoms. The number of nitrogens with two attached hydrogens (primary N) is 1. The molecule has 1 aromatic carbocycles. The summed E-state index contributed by atoms with van der Waals surface area (Å²) in [5, 5.41) is 0. The summed E-state index contributed by atoms with van der Waals surface area (Å²) in [5.74, 6) is -0.908. The van der Waals surface area contributed by atoms with Crippen LogP contribution in [0.25, 0.3) is 0 Å². The second-order valence-corrected chi connectivity index (χ2v) is 3.24. The third-order valence-electron chi connectivity index (χ3n) is 2.16. The van der Waals surface area contributed by atoms with E-state index in [-0.39, 0.29) is 18.0 Å². The second-order valence-electron chi connectivity index (χ2n) is 3.24. The van der Waals surface area contributed by atoms with Crippen LogP contribution in [0, 0.1) is 5.82 Å². The summed E-state index contributed by atoms with van der Waals surface area (Å²) in [6, 6.07) is 1.83. The van der Waals surface area contributed by atoms with Crippen LogP contribution in [0.3, 0.4) is 0 Å². The lowest BCUT2D eigenvalue weighted by atomic mass is 9.98. The van der Waals surface area contributed by atoms with E-state index in [2.05, 4.69) is 0 Å². The van der Waals surface area contributed by atoms with Crippen molar-refractivity contribution < 1.29 is 17.6 Å². The van der Waals surface area contributed by atoms with Gasteiger partial charge in [0.1, 0.15) is 5.82 Å². The van der Waals surface area contributed by atoms with E-state index in [4.69, 9.17) is 5.73 Å². The van der Waals surface area contributed by atoms with Crippen LogP contribution in [0.5, 0.6) is 0 Å². The first kappa shape index (κ1) is 15.2. The minimum atomic E-state index is -4.57. The summed E-state index contributed by atoms with van der Waals surface area (Å²) in [6.07, 6.45) is -4.20. The van der Waals surface area contributed by atoms with Crippen LogP contribution in [0.2, 0.25) is 0 Å². The van der Waals surface area contributed by atoms with Gasteiger partial charge in [-0.15, -0.1) is 12.4 Å².